The average molecular weight is 714 g/mol. The van der Waals surface area contributed by atoms with Crippen LogP contribution in [0.25, 0.3) is 0 Å². The highest BCUT2D eigenvalue weighted by Gasteiger charge is 2.34. The Bertz CT molecular complexity index is 1980. The van der Waals surface area contributed by atoms with E-state index in [9.17, 15) is 28.0 Å². The van der Waals surface area contributed by atoms with Crippen LogP contribution in [-0.2, 0) is 25.5 Å². The highest BCUT2D eigenvalue weighted by atomic mass is 32.2. The van der Waals surface area contributed by atoms with Crippen LogP contribution in [0, 0.1) is 13.8 Å². The van der Waals surface area contributed by atoms with E-state index in [1.807, 2.05) is 0 Å². The highest BCUT2D eigenvalue weighted by molar-refractivity contribution is 7.85. The molecule has 2 aromatic carbocycles. The summed E-state index contributed by atoms with van der Waals surface area (Å²) in [4.78, 5) is 25.9. The second-order valence-corrected chi connectivity index (χ2v) is 15.7. The Kier molecular flexibility index (Phi) is 12.1. The van der Waals surface area contributed by atoms with Gasteiger partial charge in [-0.3, -0.25) is 13.9 Å². The molecule has 4 rings (SSSR count). The number of pyridine rings is 1. The Hall–Kier alpha value is -4.79. The van der Waals surface area contributed by atoms with E-state index in [0.29, 0.717) is 47.2 Å². The predicted octanol–water partition coefficient (Wildman–Crippen LogP) is 4.59. The number of nitrogens with zero attached hydrogens (tertiary/aromatic N) is 6. The lowest BCUT2D eigenvalue weighted by Gasteiger charge is -2.24. The number of rotatable bonds is 16. The van der Waals surface area contributed by atoms with Crippen molar-refractivity contribution in [3.8, 4) is 5.88 Å². The molecule has 6 N–H and O–H groups in total. The second-order valence-electron chi connectivity index (χ2n) is 10.8. The number of azo groups is 1. The molecule has 19 heteroatoms. The van der Waals surface area contributed by atoms with Crippen molar-refractivity contribution in [1.82, 2.24) is 19.5 Å². The molecule has 0 aliphatic rings. The quantitative estimate of drug-likeness (QED) is 0.0403. The molecule has 0 saturated heterocycles. The molecule has 0 aliphatic carbocycles. The number of aromatic hydroxyl groups is 1. The lowest BCUT2D eigenvalue weighted by Crippen LogP contribution is -2.44. The van der Waals surface area contributed by atoms with Crippen LogP contribution < -0.4 is 21.5 Å². The van der Waals surface area contributed by atoms with E-state index >= 15 is 0 Å². The van der Waals surface area contributed by atoms with E-state index in [1.54, 1.807) is 51.1 Å². The summed E-state index contributed by atoms with van der Waals surface area (Å²) in [7, 11) is -4.16. The zero-order valence-corrected chi connectivity index (χ0v) is 29.4. The predicted molar refractivity (Wildman–Crippen MR) is 186 cm³/mol. The van der Waals surface area contributed by atoms with Gasteiger partial charge in [0.25, 0.3) is 15.7 Å². The highest BCUT2D eigenvalue weighted by Crippen LogP contribution is 2.28. The lowest BCUT2D eigenvalue weighted by atomic mass is 10.1. The fraction of sp³-hybridized carbons (Fsp3) is 0.333. The minimum Gasteiger partial charge on any atom is -0.494 e. The fourth-order valence-corrected chi connectivity index (χ4v) is 6.94. The number of aliphatic hydroxyl groups is 1. The van der Waals surface area contributed by atoms with E-state index in [2.05, 4.69) is 41.1 Å². The molecule has 262 valence electrons. The Morgan fingerprint density at radius 1 is 0.918 bits per heavy atom. The molecule has 0 fully saturated rings. The van der Waals surface area contributed by atoms with Crippen LogP contribution >= 0.6 is 0 Å². The molecular formula is C30H39N9O8SSi. The van der Waals surface area contributed by atoms with E-state index < -0.39 is 24.2 Å². The number of aromatic nitrogens is 4. The maximum Gasteiger partial charge on any atom is 0.364 e. The minimum absolute atomic E-state index is 0.0570. The van der Waals surface area contributed by atoms with E-state index in [1.165, 1.54) is 37.0 Å². The number of hydrogen-bond donors (Lipinski definition) is 6. The maximum atomic E-state index is 12.9. The monoisotopic (exact) mass is 713 g/mol. The normalized spacial score (nSPS) is 12.0. The summed E-state index contributed by atoms with van der Waals surface area (Å²) in [6, 6.07) is 12.8. The number of nitrogens with one attached hydrogen (secondary N) is 3. The summed E-state index contributed by atoms with van der Waals surface area (Å²) in [6.45, 7) is 5.81. The summed E-state index contributed by atoms with van der Waals surface area (Å²) >= 11 is 0. The van der Waals surface area contributed by atoms with Crippen LogP contribution in [0.3, 0.4) is 0 Å². The standard InChI is InChI=1S/C30H39N9O8SSi/c1-6-39-26(41)20(3)19(2)25(27(39)42)38-37-23-12-7-10-21(16-23)32-29-34-28(31-14-9-15-49(18-40,46-4)47-5)35-30(36-29)33-22-11-8-13-24(17-22)48(43,44)45/h7-8,10-13,16-17,40-41H,6,9,14-15,18H2,1-5H3,(H,43,44,45)(H3,31,32,33,34,35,36). The minimum atomic E-state index is -4.45. The summed E-state index contributed by atoms with van der Waals surface area (Å²) in [5.41, 5.74) is 1.95. The zero-order chi connectivity index (χ0) is 35.8. The van der Waals surface area contributed by atoms with Crippen LogP contribution in [0.5, 0.6) is 5.88 Å². The SMILES string of the molecule is CCn1c(O)c(C)c(C)c(N=Nc2cccc(Nc3nc(NCCC[Si](CO)(OC)OC)nc(Nc4cccc(S(=O)(=O)O)c4)n3)c2)c1=O. The van der Waals surface area contributed by atoms with Crippen molar-refractivity contribution in [3.05, 3.63) is 70.0 Å². The average Bonchev–Trinajstić information content (AvgIpc) is 3.08. The summed E-state index contributed by atoms with van der Waals surface area (Å²) in [5, 5.41) is 37.7. The molecule has 49 heavy (non-hydrogen) atoms. The van der Waals surface area contributed by atoms with Crippen molar-refractivity contribution in [2.45, 2.75) is 44.7 Å². The third-order valence-electron chi connectivity index (χ3n) is 7.67. The molecular weight excluding hydrogens is 675 g/mol. The molecule has 0 saturated carbocycles. The van der Waals surface area contributed by atoms with Crippen molar-refractivity contribution < 1.29 is 32.0 Å². The van der Waals surface area contributed by atoms with Gasteiger partial charge in [-0.2, -0.15) is 28.5 Å². The molecule has 0 unspecified atom stereocenters. The summed E-state index contributed by atoms with van der Waals surface area (Å²) < 4.78 is 45.0. The zero-order valence-electron chi connectivity index (χ0n) is 27.6. The summed E-state index contributed by atoms with van der Waals surface area (Å²) in [6.07, 6.45) is 0.374. The first-order valence-corrected chi connectivity index (χ1v) is 18.8. The largest absolute Gasteiger partial charge is 0.494 e. The molecule has 2 aromatic heterocycles. The number of anilines is 5. The van der Waals surface area contributed by atoms with Gasteiger partial charge >= 0.3 is 8.56 Å². The fourth-order valence-electron chi connectivity index (χ4n) is 4.71. The molecule has 0 aliphatic heterocycles. The molecule has 4 aromatic rings. The van der Waals surface area contributed by atoms with Gasteiger partial charge < -0.3 is 35.0 Å². The summed E-state index contributed by atoms with van der Waals surface area (Å²) in [5.74, 6) is 0.245. The third kappa shape index (κ3) is 9.22. The Morgan fingerprint density at radius 3 is 2.12 bits per heavy atom. The molecule has 2 heterocycles. The van der Waals surface area contributed by atoms with Gasteiger partial charge in [0.1, 0.15) is 0 Å². The first-order chi connectivity index (χ1) is 23.3. The molecule has 0 atom stereocenters. The van der Waals surface area contributed by atoms with Crippen LogP contribution in [0.4, 0.5) is 40.6 Å². The molecule has 0 spiro atoms. The number of hydrogen-bond acceptors (Lipinski definition) is 15. The topological polar surface area (TPSA) is 235 Å². The van der Waals surface area contributed by atoms with Crippen molar-refractivity contribution in [2.24, 2.45) is 10.2 Å². The van der Waals surface area contributed by atoms with Gasteiger partial charge in [-0.15, -0.1) is 5.11 Å². The van der Waals surface area contributed by atoms with Crippen LogP contribution in [0.15, 0.2) is 68.4 Å². The van der Waals surface area contributed by atoms with Crippen molar-refractivity contribution in [3.63, 3.8) is 0 Å². The van der Waals surface area contributed by atoms with E-state index in [-0.39, 0.29) is 47.1 Å². The molecule has 0 bridgehead atoms. The van der Waals surface area contributed by atoms with Gasteiger partial charge in [0.05, 0.1) is 16.8 Å². The second kappa shape index (κ2) is 16.1. The first-order valence-electron chi connectivity index (χ1n) is 15.1. The lowest BCUT2D eigenvalue weighted by molar-refractivity contribution is 0.196. The Morgan fingerprint density at radius 2 is 1.53 bits per heavy atom. The molecule has 0 amide bonds. The Balaban J connectivity index is 1.61. The molecule has 17 nitrogen and oxygen atoms in total. The third-order valence-corrected chi connectivity index (χ3v) is 11.6. The van der Waals surface area contributed by atoms with Gasteiger partial charge in [-0.1, -0.05) is 12.1 Å². The molecule has 0 radical (unpaired) electrons. The van der Waals surface area contributed by atoms with Gasteiger partial charge in [0.15, 0.2) is 11.6 Å². The van der Waals surface area contributed by atoms with Crippen LogP contribution in [-0.4, -0.2) is 78.3 Å². The van der Waals surface area contributed by atoms with E-state index in [0.717, 1.165) is 0 Å². The van der Waals surface area contributed by atoms with E-state index in [4.69, 9.17) is 8.85 Å². The number of benzene rings is 2. The van der Waals surface area contributed by atoms with Crippen molar-refractivity contribution >= 4 is 59.3 Å². The first kappa shape index (κ1) is 37.0. The smallest absolute Gasteiger partial charge is 0.364 e. The maximum absolute atomic E-state index is 12.9. The van der Waals surface area contributed by atoms with Crippen LogP contribution in [0.1, 0.15) is 24.5 Å². The Labute approximate surface area is 284 Å². The number of aliphatic hydroxyl groups excluding tert-OH is 1. The van der Waals surface area contributed by atoms with Crippen LogP contribution in [0.2, 0.25) is 6.04 Å². The van der Waals surface area contributed by atoms with Gasteiger partial charge in [-0.05, 0) is 75.2 Å². The van der Waals surface area contributed by atoms with Gasteiger partial charge in [-0.25, -0.2) is 0 Å². The van der Waals surface area contributed by atoms with Gasteiger partial charge in [0, 0.05) is 44.2 Å². The van der Waals surface area contributed by atoms with Crippen molar-refractivity contribution in [1.29, 1.82) is 0 Å². The van der Waals surface area contributed by atoms with Crippen molar-refractivity contribution in [2.75, 3.05) is 42.9 Å². The van der Waals surface area contributed by atoms with Gasteiger partial charge in [0.2, 0.25) is 17.8 Å².